The van der Waals surface area contributed by atoms with Crippen LogP contribution in [0.1, 0.15) is 36.4 Å². The Morgan fingerprint density at radius 2 is 2.00 bits per heavy atom. The molecule has 0 spiro atoms. The predicted molar refractivity (Wildman–Crippen MR) is 96.1 cm³/mol. The van der Waals surface area contributed by atoms with Crippen molar-refractivity contribution in [2.24, 2.45) is 0 Å². The molecule has 2 atom stereocenters. The lowest BCUT2D eigenvalue weighted by Gasteiger charge is -2.44. The number of carbonyl (C=O) groups is 1. The van der Waals surface area contributed by atoms with Gasteiger partial charge in [-0.2, -0.15) is 0 Å². The second kappa shape index (κ2) is 8.81. The molecular formula is C18H30N2O2S. The zero-order valence-electron chi connectivity index (χ0n) is 14.9. The van der Waals surface area contributed by atoms with Crippen LogP contribution in [0.15, 0.2) is 12.1 Å². The van der Waals surface area contributed by atoms with Crippen LogP contribution in [0.5, 0.6) is 0 Å². The first-order valence-electron chi connectivity index (χ1n) is 8.59. The Morgan fingerprint density at radius 1 is 1.30 bits per heavy atom. The van der Waals surface area contributed by atoms with E-state index >= 15 is 0 Å². The third-order valence-corrected chi connectivity index (χ3v) is 5.68. The quantitative estimate of drug-likeness (QED) is 0.766. The minimum atomic E-state index is 0.309. The van der Waals surface area contributed by atoms with E-state index in [1.165, 1.54) is 9.75 Å². The zero-order valence-corrected chi connectivity index (χ0v) is 15.7. The van der Waals surface area contributed by atoms with E-state index in [1.54, 1.807) is 7.11 Å². The highest BCUT2D eigenvalue weighted by Crippen LogP contribution is 2.19. The molecule has 0 unspecified atom stereocenters. The third kappa shape index (κ3) is 5.30. The van der Waals surface area contributed by atoms with Crippen molar-refractivity contribution in [1.29, 1.82) is 0 Å². The monoisotopic (exact) mass is 338 g/mol. The summed E-state index contributed by atoms with van der Waals surface area (Å²) in [5.41, 5.74) is 0. The van der Waals surface area contributed by atoms with Crippen LogP contribution in [0.3, 0.4) is 0 Å². The van der Waals surface area contributed by atoms with Crippen LogP contribution in [0, 0.1) is 6.92 Å². The van der Waals surface area contributed by atoms with E-state index in [2.05, 4.69) is 42.7 Å². The van der Waals surface area contributed by atoms with Gasteiger partial charge in [0, 0.05) is 55.0 Å². The molecule has 2 rings (SSSR count). The fourth-order valence-corrected chi connectivity index (χ4v) is 4.32. The summed E-state index contributed by atoms with van der Waals surface area (Å²) >= 11 is 1.84. The van der Waals surface area contributed by atoms with Gasteiger partial charge < -0.3 is 9.64 Å². The number of aryl methyl sites for hydroxylation is 2. The highest BCUT2D eigenvalue weighted by molar-refractivity contribution is 7.11. The Bertz CT molecular complexity index is 491. The Kier molecular flexibility index (Phi) is 7.06. The second-order valence-corrected chi connectivity index (χ2v) is 7.97. The van der Waals surface area contributed by atoms with Crippen LogP contribution in [0.25, 0.3) is 0 Å². The maximum absolute atomic E-state index is 12.5. The smallest absolute Gasteiger partial charge is 0.222 e. The maximum Gasteiger partial charge on any atom is 0.222 e. The molecule has 4 nitrogen and oxygen atoms in total. The molecule has 0 saturated carbocycles. The molecule has 1 saturated heterocycles. The fourth-order valence-electron chi connectivity index (χ4n) is 3.39. The molecule has 23 heavy (non-hydrogen) atoms. The average Bonchev–Trinajstić information content (AvgIpc) is 2.91. The Labute approximate surface area is 144 Å². The number of ether oxygens (including phenoxy) is 1. The first kappa shape index (κ1) is 18.4. The maximum atomic E-state index is 12.5. The molecule has 0 aliphatic carbocycles. The van der Waals surface area contributed by atoms with Gasteiger partial charge in [-0.1, -0.05) is 0 Å². The highest BCUT2D eigenvalue weighted by atomic mass is 32.1. The molecule has 1 fully saturated rings. The number of thiophene rings is 1. The molecule has 1 aliphatic rings. The second-order valence-electron chi connectivity index (χ2n) is 6.59. The standard InChI is InChI=1S/C18H30N2O2S/c1-14-12-19(13-15(2)20(14)10-11-22-4)18(21)7-5-6-17-9-8-16(3)23-17/h8-9,14-15H,5-7,10-13H2,1-4H3/t14-,15-/m0/s1. The van der Waals surface area contributed by atoms with Crippen molar-refractivity contribution in [3.8, 4) is 0 Å². The van der Waals surface area contributed by atoms with Gasteiger partial charge in [0.1, 0.15) is 0 Å². The Balaban J connectivity index is 1.77. The van der Waals surface area contributed by atoms with Gasteiger partial charge in [0.15, 0.2) is 0 Å². The van der Waals surface area contributed by atoms with E-state index in [1.807, 2.05) is 11.3 Å². The van der Waals surface area contributed by atoms with Crippen LogP contribution in [-0.2, 0) is 16.0 Å². The van der Waals surface area contributed by atoms with Crippen molar-refractivity contribution in [2.45, 2.75) is 52.1 Å². The minimum absolute atomic E-state index is 0.309. The van der Waals surface area contributed by atoms with Gasteiger partial charge in [0.2, 0.25) is 5.91 Å². The number of rotatable bonds is 7. The van der Waals surface area contributed by atoms with Crippen molar-refractivity contribution in [2.75, 3.05) is 33.4 Å². The van der Waals surface area contributed by atoms with Gasteiger partial charge in [-0.3, -0.25) is 9.69 Å². The minimum Gasteiger partial charge on any atom is -0.383 e. The number of amides is 1. The first-order valence-corrected chi connectivity index (χ1v) is 9.40. The number of piperazine rings is 1. The van der Waals surface area contributed by atoms with Crippen LogP contribution in [0.4, 0.5) is 0 Å². The molecule has 1 aromatic rings. The van der Waals surface area contributed by atoms with E-state index in [4.69, 9.17) is 4.74 Å². The van der Waals surface area contributed by atoms with Crippen molar-refractivity contribution >= 4 is 17.2 Å². The lowest BCUT2D eigenvalue weighted by molar-refractivity contribution is -0.135. The van der Waals surface area contributed by atoms with Gasteiger partial charge in [-0.05, 0) is 45.7 Å². The lowest BCUT2D eigenvalue weighted by Crippen LogP contribution is -2.58. The Hall–Kier alpha value is -0.910. The van der Waals surface area contributed by atoms with Crippen molar-refractivity contribution in [3.05, 3.63) is 21.9 Å². The average molecular weight is 339 g/mol. The van der Waals surface area contributed by atoms with Crippen LogP contribution < -0.4 is 0 Å². The molecule has 1 amide bonds. The molecule has 0 N–H and O–H groups in total. The summed E-state index contributed by atoms with van der Waals surface area (Å²) in [5, 5.41) is 0. The van der Waals surface area contributed by atoms with Gasteiger partial charge >= 0.3 is 0 Å². The summed E-state index contributed by atoms with van der Waals surface area (Å²) in [7, 11) is 1.74. The normalized spacial score (nSPS) is 22.5. The van der Waals surface area contributed by atoms with Crippen molar-refractivity contribution in [1.82, 2.24) is 9.80 Å². The fraction of sp³-hybridized carbons (Fsp3) is 0.722. The van der Waals surface area contributed by atoms with E-state index < -0.39 is 0 Å². The first-order chi connectivity index (χ1) is 11.0. The molecule has 0 radical (unpaired) electrons. The van der Waals surface area contributed by atoms with Gasteiger partial charge in [0.25, 0.3) is 0 Å². The van der Waals surface area contributed by atoms with Gasteiger partial charge in [-0.25, -0.2) is 0 Å². The number of hydrogen-bond donors (Lipinski definition) is 0. The van der Waals surface area contributed by atoms with Crippen molar-refractivity contribution < 1.29 is 9.53 Å². The van der Waals surface area contributed by atoms with Gasteiger partial charge in [0.05, 0.1) is 6.61 Å². The molecule has 0 bridgehead atoms. The number of nitrogens with zero attached hydrogens (tertiary/aromatic N) is 2. The van der Waals surface area contributed by atoms with Crippen LogP contribution in [0.2, 0.25) is 0 Å². The van der Waals surface area contributed by atoms with E-state index in [0.29, 0.717) is 24.4 Å². The number of hydrogen-bond acceptors (Lipinski definition) is 4. The van der Waals surface area contributed by atoms with Crippen LogP contribution >= 0.6 is 11.3 Å². The molecule has 1 aromatic heterocycles. The molecule has 130 valence electrons. The molecule has 1 aliphatic heterocycles. The summed E-state index contributed by atoms with van der Waals surface area (Å²) in [6, 6.07) is 5.14. The molecular weight excluding hydrogens is 308 g/mol. The summed E-state index contributed by atoms with van der Waals surface area (Å²) in [5.74, 6) is 0.309. The lowest BCUT2D eigenvalue weighted by atomic mass is 10.1. The summed E-state index contributed by atoms with van der Waals surface area (Å²) in [4.78, 5) is 19.7. The number of methoxy groups -OCH3 is 1. The third-order valence-electron chi connectivity index (χ3n) is 4.62. The largest absolute Gasteiger partial charge is 0.383 e. The highest BCUT2D eigenvalue weighted by Gasteiger charge is 2.31. The predicted octanol–water partition coefficient (Wildman–Crippen LogP) is 2.95. The van der Waals surface area contributed by atoms with Crippen LogP contribution in [-0.4, -0.2) is 61.1 Å². The van der Waals surface area contributed by atoms with E-state index in [9.17, 15) is 4.79 Å². The topological polar surface area (TPSA) is 32.8 Å². The summed E-state index contributed by atoms with van der Waals surface area (Å²) in [6.07, 6.45) is 2.63. The molecule has 2 heterocycles. The van der Waals surface area contributed by atoms with Crippen molar-refractivity contribution in [3.63, 3.8) is 0 Å². The van der Waals surface area contributed by atoms with Gasteiger partial charge in [-0.15, -0.1) is 11.3 Å². The van der Waals surface area contributed by atoms with E-state index in [-0.39, 0.29) is 0 Å². The molecule has 0 aromatic carbocycles. The SMILES string of the molecule is COCCN1[C@@H](C)CN(C(=O)CCCc2ccc(C)s2)C[C@@H]1C. The molecule has 5 heteroatoms. The summed E-state index contributed by atoms with van der Waals surface area (Å²) in [6.45, 7) is 9.92. The zero-order chi connectivity index (χ0) is 16.8. The number of carbonyl (C=O) groups excluding carboxylic acids is 1. The summed E-state index contributed by atoms with van der Waals surface area (Å²) < 4.78 is 5.19. The van der Waals surface area contributed by atoms with E-state index in [0.717, 1.165) is 39.1 Å². The Morgan fingerprint density at radius 3 is 2.57 bits per heavy atom.